The van der Waals surface area contributed by atoms with Gasteiger partial charge >= 0.3 is 0 Å². The summed E-state index contributed by atoms with van der Waals surface area (Å²) in [5.41, 5.74) is 3.74. The highest BCUT2D eigenvalue weighted by atomic mass is 32.2. The number of para-hydroxylation sites is 1. The number of hydrogen-bond donors (Lipinski definition) is 3. The number of furan rings is 1. The van der Waals surface area contributed by atoms with Crippen LogP contribution in [0, 0.1) is 18.3 Å². The summed E-state index contributed by atoms with van der Waals surface area (Å²) in [6.07, 6.45) is 1.51. The summed E-state index contributed by atoms with van der Waals surface area (Å²) in [5.74, 6) is -0.679. The number of dihydropyridines is 1. The number of carbonyl (C=O) groups is 2. The van der Waals surface area contributed by atoms with Crippen LogP contribution in [0.5, 0.6) is 0 Å². The number of aryl methyl sites for hydroxylation is 1. The quantitative estimate of drug-likeness (QED) is 0.420. The highest BCUT2D eigenvalue weighted by Gasteiger charge is 2.36. The van der Waals surface area contributed by atoms with Crippen LogP contribution < -0.4 is 16.0 Å². The lowest BCUT2D eigenvalue weighted by molar-refractivity contribution is -0.114. The Labute approximate surface area is 207 Å². The van der Waals surface area contributed by atoms with E-state index in [2.05, 4.69) is 22.0 Å². The Morgan fingerprint density at radius 1 is 1.00 bits per heavy atom. The zero-order valence-electron chi connectivity index (χ0n) is 19.3. The van der Waals surface area contributed by atoms with Crippen molar-refractivity contribution in [2.24, 2.45) is 0 Å². The van der Waals surface area contributed by atoms with Crippen molar-refractivity contribution >= 4 is 35.0 Å². The fourth-order valence-electron chi connectivity index (χ4n) is 3.76. The predicted molar refractivity (Wildman–Crippen MR) is 137 cm³/mol. The van der Waals surface area contributed by atoms with E-state index in [9.17, 15) is 14.9 Å². The minimum Gasteiger partial charge on any atom is -0.468 e. The number of carbonyl (C=O) groups excluding carboxylic acids is 2. The molecule has 1 aliphatic heterocycles. The van der Waals surface area contributed by atoms with E-state index in [4.69, 9.17) is 4.42 Å². The van der Waals surface area contributed by atoms with Crippen LogP contribution in [-0.4, -0.2) is 17.6 Å². The molecule has 0 spiro atoms. The van der Waals surface area contributed by atoms with Gasteiger partial charge in [0.15, 0.2) is 0 Å². The molecule has 1 unspecified atom stereocenters. The molecule has 4 rings (SSSR count). The molecule has 2 amide bonds. The Morgan fingerprint density at radius 2 is 1.71 bits per heavy atom. The van der Waals surface area contributed by atoms with Crippen LogP contribution in [0.4, 0.5) is 11.4 Å². The number of nitrogens with zero attached hydrogens (tertiary/aromatic N) is 1. The van der Waals surface area contributed by atoms with E-state index in [0.717, 1.165) is 5.56 Å². The van der Waals surface area contributed by atoms with Crippen molar-refractivity contribution in [3.8, 4) is 6.07 Å². The van der Waals surface area contributed by atoms with Crippen LogP contribution in [0.1, 0.15) is 24.2 Å². The molecule has 0 saturated carbocycles. The standard InChI is InChI=1S/C27H24N4O3S/c1-17-10-12-20(13-11-17)30-23(32)16-35-27-21(15-28)25(22-9-6-14-34-22)24(18(2)29-27)26(33)31-19-7-4-3-5-8-19/h3-14,25,29H,16H2,1-2H3,(H,30,32)(H,31,33). The van der Waals surface area contributed by atoms with Gasteiger partial charge in [-0.2, -0.15) is 5.26 Å². The van der Waals surface area contributed by atoms with Crippen molar-refractivity contribution in [1.82, 2.24) is 5.32 Å². The molecule has 2 aromatic carbocycles. The Morgan fingerprint density at radius 3 is 2.37 bits per heavy atom. The second-order valence-corrected chi connectivity index (χ2v) is 8.98. The largest absolute Gasteiger partial charge is 0.468 e. The molecule has 2 heterocycles. The lowest BCUT2D eigenvalue weighted by Crippen LogP contribution is -2.31. The van der Waals surface area contributed by atoms with Gasteiger partial charge in [0, 0.05) is 17.1 Å². The summed E-state index contributed by atoms with van der Waals surface area (Å²) < 4.78 is 5.63. The molecule has 1 atom stereocenters. The van der Waals surface area contributed by atoms with Crippen molar-refractivity contribution in [3.63, 3.8) is 0 Å². The van der Waals surface area contributed by atoms with Gasteiger partial charge in [0.25, 0.3) is 5.91 Å². The van der Waals surface area contributed by atoms with Crippen LogP contribution in [0.15, 0.2) is 99.3 Å². The third-order valence-electron chi connectivity index (χ3n) is 5.43. The SMILES string of the molecule is CC1=C(C(=O)Nc2ccccc2)C(c2ccco2)C(C#N)=C(SCC(=O)Nc2ccc(C)cc2)N1. The van der Waals surface area contributed by atoms with E-state index in [-0.39, 0.29) is 17.6 Å². The van der Waals surface area contributed by atoms with Gasteiger partial charge < -0.3 is 20.4 Å². The molecule has 35 heavy (non-hydrogen) atoms. The zero-order valence-corrected chi connectivity index (χ0v) is 20.1. The second-order valence-electron chi connectivity index (χ2n) is 7.99. The summed E-state index contributed by atoms with van der Waals surface area (Å²) in [4.78, 5) is 25.8. The van der Waals surface area contributed by atoms with Crippen molar-refractivity contribution < 1.29 is 14.0 Å². The molecule has 0 bridgehead atoms. The monoisotopic (exact) mass is 484 g/mol. The number of nitriles is 1. The molecule has 0 saturated heterocycles. The number of amides is 2. The van der Waals surface area contributed by atoms with Crippen molar-refractivity contribution in [2.45, 2.75) is 19.8 Å². The second kappa shape index (κ2) is 10.8. The van der Waals surface area contributed by atoms with E-state index in [1.807, 2.05) is 49.4 Å². The number of thioether (sulfide) groups is 1. The van der Waals surface area contributed by atoms with Gasteiger partial charge in [0.1, 0.15) is 5.76 Å². The number of anilines is 2. The fraction of sp³-hybridized carbons (Fsp3) is 0.148. The Bertz CT molecular complexity index is 1320. The number of benzene rings is 2. The molecule has 176 valence electrons. The summed E-state index contributed by atoms with van der Waals surface area (Å²) in [6, 6.07) is 22.3. The first-order chi connectivity index (χ1) is 17.0. The van der Waals surface area contributed by atoms with E-state index in [1.54, 1.807) is 31.2 Å². The molecule has 3 aromatic rings. The topological polar surface area (TPSA) is 107 Å². The summed E-state index contributed by atoms with van der Waals surface area (Å²) in [6.45, 7) is 3.75. The fourth-order valence-corrected chi connectivity index (χ4v) is 4.65. The maximum atomic E-state index is 13.3. The number of allylic oxidation sites excluding steroid dienone is 2. The minimum atomic E-state index is -0.706. The van der Waals surface area contributed by atoms with Crippen LogP contribution in [0.2, 0.25) is 0 Å². The van der Waals surface area contributed by atoms with Gasteiger partial charge in [0.2, 0.25) is 5.91 Å². The molecule has 0 aliphatic carbocycles. The van der Waals surface area contributed by atoms with Gasteiger partial charge in [0.05, 0.1) is 40.2 Å². The highest BCUT2D eigenvalue weighted by Crippen LogP contribution is 2.41. The van der Waals surface area contributed by atoms with Gasteiger partial charge in [-0.15, -0.1) is 0 Å². The number of nitrogens with one attached hydrogen (secondary N) is 3. The zero-order chi connectivity index (χ0) is 24.8. The first kappa shape index (κ1) is 23.9. The minimum absolute atomic E-state index is 0.0884. The van der Waals surface area contributed by atoms with E-state index in [1.165, 1.54) is 18.0 Å². The Hall–Kier alpha value is -4.22. The molecule has 3 N–H and O–H groups in total. The lowest BCUT2D eigenvalue weighted by Gasteiger charge is -2.28. The number of hydrogen-bond acceptors (Lipinski definition) is 6. The number of rotatable bonds is 7. The normalized spacial score (nSPS) is 15.3. The molecule has 8 heteroatoms. The average molecular weight is 485 g/mol. The van der Waals surface area contributed by atoms with Gasteiger partial charge in [-0.3, -0.25) is 9.59 Å². The van der Waals surface area contributed by atoms with Gasteiger partial charge in [-0.05, 0) is 50.2 Å². The lowest BCUT2D eigenvalue weighted by atomic mass is 9.85. The molecular weight excluding hydrogens is 460 g/mol. The molecule has 0 fully saturated rings. The van der Waals surface area contributed by atoms with Crippen LogP contribution in [-0.2, 0) is 9.59 Å². The van der Waals surface area contributed by atoms with E-state index >= 15 is 0 Å². The Kier molecular flexibility index (Phi) is 7.38. The van der Waals surface area contributed by atoms with Crippen LogP contribution >= 0.6 is 11.8 Å². The Balaban J connectivity index is 1.57. The van der Waals surface area contributed by atoms with Gasteiger partial charge in [-0.1, -0.05) is 47.7 Å². The third kappa shape index (κ3) is 5.65. The molecule has 1 aromatic heterocycles. The molecular formula is C27H24N4O3S. The molecule has 0 radical (unpaired) electrons. The van der Waals surface area contributed by atoms with Crippen LogP contribution in [0.25, 0.3) is 0 Å². The molecule has 7 nitrogen and oxygen atoms in total. The first-order valence-corrected chi connectivity index (χ1v) is 12.0. The van der Waals surface area contributed by atoms with E-state index in [0.29, 0.717) is 39.0 Å². The smallest absolute Gasteiger partial charge is 0.254 e. The van der Waals surface area contributed by atoms with E-state index < -0.39 is 5.92 Å². The maximum Gasteiger partial charge on any atom is 0.254 e. The van der Waals surface area contributed by atoms with Crippen LogP contribution in [0.3, 0.4) is 0 Å². The third-order valence-corrected chi connectivity index (χ3v) is 6.45. The predicted octanol–water partition coefficient (Wildman–Crippen LogP) is 5.29. The summed E-state index contributed by atoms with van der Waals surface area (Å²) >= 11 is 1.21. The maximum absolute atomic E-state index is 13.3. The average Bonchev–Trinajstić information content (AvgIpc) is 3.39. The van der Waals surface area contributed by atoms with Gasteiger partial charge in [-0.25, -0.2) is 0 Å². The summed E-state index contributed by atoms with van der Waals surface area (Å²) in [5, 5.41) is 19.5. The van der Waals surface area contributed by atoms with Crippen molar-refractivity contribution in [1.29, 1.82) is 5.26 Å². The highest BCUT2D eigenvalue weighted by molar-refractivity contribution is 8.03. The van der Waals surface area contributed by atoms with Crippen molar-refractivity contribution in [3.05, 3.63) is 106 Å². The summed E-state index contributed by atoms with van der Waals surface area (Å²) in [7, 11) is 0. The van der Waals surface area contributed by atoms with Crippen molar-refractivity contribution in [2.75, 3.05) is 16.4 Å². The first-order valence-electron chi connectivity index (χ1n) is 11.0. The molecule has 1 aliphatic rings.